The van der Waals surface area contributed by atoms with Gasteiger partial charge in [0, 0.05) is 11.3 Å². The zero-order chi connectivity index (χ0) is 12.0. The molecule has 0 aliphatic carbocycles. The Bertz CT molecular complexity index is 299. The molecule has 0 aliphatic heterocycles. The number of nitrogens with two attached hydrogens (primary N) is 1. The Morgan fingerprint density at radius 1 is 1.31 bits per heavy atom. The molecule has 16 heavy (non-hydrogen) atoms. The van der Waals surface area contributed by atoms with Crippen LogP contribution in [0.25, 0.3) is 0 Å². The van der Waals surface area contributed by atoms with Gasteiger partial charge in [-0.25, -0.2) is 4.39 Å². The molecule has 2 atom stereocenters. The first-order chi connectivity index (χ1) is 7.65. The fourth-order valence-corrected chi connectivity index (χ4v) is 2.66. The van der Waals surface area contributed by atoms with Crippen molar-refractivity contribution in [2.75, 3.05) is 5.75 Å². The smallest absolute Gasteiger partial charge is 0.123 e. The molecule has 0 aliphatic rings. The quantitative estimate of drug-likeness (QED) is 0.768. The Balaban J connectivity index is 2.49. The van der Waals surface area contributed by atoms with E-state index in [1.54, 1.807) is 12.1 Å². The maximum absolute atomic E-state index is 12.8. The topological polar surface area (TPSA) is 26.0 Å². The Hall–Kier alpha value is -0.540. The minimum Gasteiger partial charge on any atom is -0.323 e. The molecule has 0 amide bonds. The molecule has 90 valence electrons. The average molecular weight is 241 g/mol. The Kier molecular flexibility index (Phi) is 5.85. The molecule has 2 N–H and O–H groups in total. The van der Waals surface area contributed by atoms with Crippen molar-refractivity contribution in [1.29, 1.82) is 0 Å². The first kappa shape index (κ1) is 13.5. The molecule has 1 rings (SSSR count). The summed E-state index contributed by atoms with van der Waals surface area (Å²) in [5, 5.41) is 0.372. The predicted octanol–water partition coefficient (Wildman–Crippen LogP) is 3.75. The molecule has 0 aromatic heterocycles. The van der Waals surface area contributed by atoms with Crippen LogP contribution in [0.3, 0.4) is 0 Å². The van der Waals surface area contributed by atoms with Gasteiger partial charge in [-0.15, -0.1) is 0 Å². The molecule has 1 nitrogen and oxygen atoms in total. The zero-order valence-electron chi connectivity index (χ0n) is 9.95. The van der Waals surface area contributed by atoms with Crippen molar-refractivity contribution in [3.63, 3.8) is 0 Å². The number of hydrogen-bond donors (Lipinski definition) is 1. The molecular formula is C13H20FNS. The van der Waals surface area contributed by atoms with E-state index in [9.17, 15) is 4.39 Å². The Labute approximate surface area is 102 Å². The van der Waals surface area contributed by atoms with Gasteiger partial charge in [0.15, 0.2) is 0 Å². The number of benzene rings is 1. The lowest BCUT2D eigenvalue weighted by Gasteiger charge is -2.19. The summed E-state index contributed by atoms with van der Waals surface area (Å²) in [4.78, 5) is 0. The largest absolute Gasteiger partial charge is 0.323 e. The van der Waals surface area contributed by atoms with Crippen molar-refractivity contribution in [1.82, 2.24) is 0 Å². The summed E-state index contributed by atoms with van der Waals surface area (Å²) in [6, 6.07) is 6.48. The molecule has 0 saturated carbocycles. The highest BCUT2D eigenvalue weighted by Gasteiger charge is 2.14. The minimum atomic E-state index is -0.206. The summed E-state index contributed by atoms with van der Waals surface area (Å²) < 4.78 is 12.8. The minimum absolute atomic E-state index is 0.0116. The molecule has 0 saturated heterocycles. The van der Waals surface area contributed by atoms with E-state index in [0.717, 1.165) is 11.3 Å². The third-order valence-corrected chi connectivity index (χ3v) is 3.98. The van der Waals surface area contributed by atoms with Crippen LogP contribution < -0.4 is 5.73 Å². The molecule has 0 spiro atoms. The number of thioether (sulfide) groups is 1. The van der Waals surface area contributed by atoms with Crippen molar-refractivity contribution < 1.29 is 4.39 Å². The predicted molar refractivity (Wildman–Crippen MR) is 70.2 cm³/mol. The van der Waals surface area contributed by atoms with E-state index in [-0.39, 0.29) is 11.9 Å². The van der Waals surface area contributed by atoms with E-state index >= 15 is 0 Å². The summed E-state index contributed by atoms with van der Waals surface area (Å²) in [6.45, 7) is 4.32. The highest BCUT2D eigenvalue weighted by Crippen LogP contribution is 2.25. The van der Waals surface area contributed by atoms with Crippen molar-refractivity contribution >= 4 is 11.8 Å². The van der Waals surface area contributed by atoms with Gasteiger partial charge in [-0.1, -0.05) is 32.4 Å². The molecular weight excluding hydrogens is 221 g/mol. The molecule has 2 unspecified atom stereocenters. The van der Waals surface area contributed by atoms with Crippen LogP contribution in [0.2, 0.25) is 0 Å². The van der Waals surface area contributed by atoms with Crippen LogP contribution >= 0.6 is 11.8 Å². The lowest BCUT2D eigenvalue weighted by Crippen LogP contribution is -2.21. The summed E-state index contributed by atoms with van der Waals surface area (Å²) in [7, 11) is 0. The van der Waals surface area contributed by atoms with Crippen LogP contribution in [-0.4, -0.2) is 11.0 Å². The first-order valence-electron chi connectivity index (χ1n) is 5.77. The van der Waals surface area contributed by atoms with Gasteiger partial charge in [0.2, 0.25) is 0 Å². The van der Waals surface area contributed by atoms with Crippen LogP contribution in [0.4, 0.5) is 4.39 Å². The average Bonchev–Trinajstić information content (AvgIpc) is 2.29. The van der Waals surface area contributed by atoms with Crippen LogP contribution in [0.15, 0.2) is 24.3 Å². The van der Waals surface area contributed by atoms with Gasteiger partial charge in [-0.2, -0.15) is 11.8 Å². The Morgan fingerprint density at radius 3 is 2.50 bits per heavy atom. The van der Waals surface area contributed by atoms with E-state index in [0.29, 0.717) is 5.25 Å². The number of hydrogen-bond acceptors (Lipinski definition) is 2. The summed E-state index contributed by atoms with van der Waals surface area (Å²) in [5.41, 5.74) is 7.14. The van der Waals surface area contributed by atoms with Gasteiger partial charge >= 0.3 is 0 Å². The second-order valence-corrected chi connectivity index (χ2v) is 5.49. The van der Waals surface area contributed by atoms with E-state index < -0.39 is 0 Å². The SMILES string of the molecule is CCCCSC(C)C(N)c1ccc(F)cc1. The maximum Gasteiger partial charge on any atom is 0.123 e. The number of halogens is 1. The van der Waals surface area contributed by atoms with E-state index in [2.05, 4.69) is 13.8 Å². The van der Waals surface area contributed by atoms with Crippen LogP contribution in [0.1, 0.15) is 38.3 Å². The second-order valence-electron chi connectivity index (χ2n) is 4.01. The molecule has 1 aromatic carbocycles. The van der Waals surface area contributed by atoms with E-state index in [1.165, 1.54) is 25.0 Å². The third-order valence-electron chi connectivity index (χ3n) is 2.64. The van der Waals surface area contributed by atoms with Crippen LogP contribution in [0.5, 0.6) is 0 Å². The fraction of sp³-hybridized carbons (Fsp3) is 0.538. The summed E-state index contributed by atoms with van der Waals surface area (Å²) in [5.74, 6) is 0.939. The van der Waals surface area contributed by atoms with Crippen molar-refractivity contribution in [3.05, 3.63) is 35.6 Å². The van der Waals surface area contributed by atoms with Crippen LogP contribution in [-0.2, 0) is 0 Å². The molecule has 0 heterocycles. The summed E-state index contributed by atoms with van der Waals surface area (Å²) >= 11 is 1.89. The third kappa shape index (κ3) is 4.14. The second kappa shape index (κ2) is 6.92. The molecule has 1 aromatic rings. The van der Waals surface area contributed by atoms with Crippen molar-refractivity contribution in [2.24, 2.45) is 5.73 Å². The van der Waals surface area contributed by atoms with E-state index in [4.69, 9.17) is 5.73 Å². The van der Waals surface area contributed by atoms with Gasteiger partial charge in [-0.05, 0) is 29.9 Å². The lowest BCUT2D eigenvalue weighted by molar-refractivity contribution is 0.624. The van der Waals surface area contributed by atoms with Crippen molar-refractivity contribution in [2.45, 2.75) is 38.0 Å². The highest BCUT2D eigenvalue weighted by atomic mass is 32.2. The molecule has 0 bridgehead atoms. The van der Waals surface area contributed by atoms with Gasteiger partial charge in [0.25, 0.3) is 0 Å². The zero-order valence-corrected chi connectivity index (χ0v) is 10.8. The molecule has 0 radical (unpaired) electrons. The lowest BCUT2D eigenvalue weighted by atomic mass is 10.1. The molecule has 0 fully saturated rings. The fourth-order valence-electron chi connectivity index (χ4n) is 1.47. The number of unbranched alkanes of at least 4 members (excludes halogenated alkanes) is 1. The highest BCUT2D eigenvalue weighted by molar-refractivity contribution is 7.99. The van der Waals surface area contributed by atoms with E-state index in [1.807, 2.05) is 11.8 Å². The van der Waals surface area contributed by atoms with Gasteiger partial charge in [0.05, 0.1) is 0 Å². The maximum atomic E-state index is 12.8. The van der Waals surface area contributed by atoms with Gasteiger partial charge in [-0.3, -0.25) is 0 Å². The monoisotopic (exact) mass is 241 g/mol. The Morgan fingerprint density at radius 2 is 1.94 bits per heavy atom. The van der Waals surface area contributed by atoms with Crippen LogP contribution in [0, 0.1) is 5.82 Å². The van der Waals surface area contributed by atoms with Gasteiger partial charge in [0.1, 0.15) is 5.82 Å². The van der Waals surface area contributed by atoms with Crippen molar-refractivity contribution in [3.8, 4) is 0 Å². The normalized spacial score (nSPS) is 14.8. The summed E-state index contributed by atoms with van der Waals surface area (Å²) in [6.07, 6.45) is 2.44. The first-order valence-corrected chi connectivity index (χ1v) is 6.82. The van der Waals surface area contributed by atoms with Gasteiger partial charge < -0.3 is 5.73 Å². The molecule has 3 heteroatoms. The standard InChI is InChI=1S/C13H20FNS/c1-3-4-9-16-10(2)13(15)11-5-7-12(14)8-6-11/h5-8,10,13H,3-4,9,15H2,1-2H3. The number of rotatable bonds is 6.